The van der Waals surface area contributed by atoms with Crippen molar-refractivity contribution in [1.29, 1.82) is 0 Å². The van der Waals surface area contributed by atoms with Crippen molar-refractivity contribution in [3.05, 3.63) is 47.5 Å². The quantitative estimate of drug-likeness (QED) is 0.642. The number of nitrogens with zero attached hydrogens (tertiary/aromatic N) is 3. The molecule has 1 aliphatic rings. The fraction of sp³-hybridized carbons (Fsp3) is 0.409. The standard InChI is InChI=1S/C22H28N4O2S/c1-3-28-16-8-9-17-20(14-16)29-22(24-17)15-21(23)26-12-10-25(11-13-26)18-6-4-5-7-19(18)27-2/h4-9,14,21H,3,10-13,15,23H2,1-2H3. The van der Waals surface area contributed by atoms with Gasteiger partial charge in [0.2, 0.25) is 0 Å². The Morgan fingerprint density at radius 1 is 1.14 bits per heavy atom. The van der Waals surface area contributed by atoms with E-state index in [1.54, 1.807) is 18.4 Å². The molecule has 1 fully saturated rings. The third kappa shape index (κ3) is 4.47. The molecule has 0 amide bonds. The van der Waals surface area contributed by atoms with Gasteiger partial charge >= 0.3 is 0 Å². The van der Waals surface area contributed by atoms with Crippen LogP contribution in [0, 0.1) is 0 Å². The SMILES string of the molecule is CCOc1ccc2nc(CC(N)N3CCN(c4ccccc4OC)CC3)sc2c1. The first-order valence-electron chi connectivity index (χ1n) is 10.1. The van der Waals surface area contributed by atoms with Crippen LogP contribution in [0.4, 0.5) is 5.69 Å². The highest BCUT2D eigenvalue weighted by Gasteiger charge is 2.24. The summed E-state index contributed by atoms with van der Waals surface area (Å²) in [5.41, 5.74) is 8.71. The predicted molar refractivity (Wildman–Crippen MR) is 119 cm³/mol. The van der Waals surface area contributed by atoms with Gasteiger partial charge in [-0.3, -0.25) is 4.90 Å². The maximum atomic E-state index is 6.54. The van der Waals surface area contributed by atoms with Crippen molar-refractivity contribution >= 4 is 27.2 Å². The molecule has 2 heterocycles. The maximum Gasteiger partial charge on any atom is 0.142 e. The Kier molecular flexibility index (Phi) is 6.18. The van der Waals surface area contributed by atoms with E-state index in [1.807, 2.05) is 31.2 Å². The molecular weight excluding hydrogens is 384 g/mol. The molecule has 0 aliphatic carbocycles. The van der Waals surface area contributed by atoms with Gasteiger partial charge in [-0.15, -0.1) is 11.3 Å². The van der Waals surface area contributed by atoms with Gasteiger partial charge in [0, 0.05) is 32.6 Å². The molecule has 4 rings (SSSR count). The summed E-state index contributed by atoms with van der Waals surface area (Å²) < 4.78 is 12.3. The summed E-state index contributed by atoms with van der Waals surface area (Å²) >= 11 is 1.71. The van der Waals surface area contributed by atoms with Crippen LogP contribution in [0.3, 0.4) is 0 Å². The molecule has 154 valence electrons. The summed E-state index contributed by atoms with van der Waals surface area (Å²) in [7, 11) is 1.72. The van der Waals surface area contributed by atoms with Crippen LogP contribution in [0.25, 0.3) is 10.2 Å². The predicted octanol–water partition coefficient (Wildman–Crippen LogP) is 3.35. The van der Waals surface area contributed by atoms with Gasteiger partial charge < -0.3 is 20.1 Å². The Labute approximate surface area is 175 Å². The molecule has 1 aromatic heterocycles. The second-order valence-electron chi connectivity index (χ2n) is 7.14. The second kappa shape index (κ2) is 8.98. The number of fused-ring (bicyclic) bond motifs is 1. The van der Waals surface area contributed by atoms with Crippen LogP contribution in [-0.4, -0.2) is 55.9 Å². The minimum atomic E-state index is -0.0262. The first-order chi connectivity index (χ1) is 14.2. The minimum Gasteiger partial charge on any atom is -0.495 e. The number of aromatic nitrogens is 1. The summed E-state index contributed by atoms with van der Waals surface area (Å²) in [6.45, 7) is 6.40. The molecular formula is C22H28N4O2S. The molecule has 1 atom stereocenters. The lowest BCUT2D eigenvalue weighted by Gasteiger charge is -2.39. The summed E-state index contributed by atoms with van der Waals surface area (Å²) in [5, 5.41) is 1.08. The average molecular weight is 413 g/mol. The van der Waals surface area contributed by atoms with Gasteiger partial charge in [-0.1, -0.05) is 12.1 Å². The fourth-order valence-corrected chi connectivity index (χ4v) is 4.84. The number of ether oxygens (including phenoxy) is 2. The van der Waals surface area contributed by atoms with Gasteiger partial charge in [-0.2, -0.15) is 0 Å². The number of hydrogen-bond donors (Lipinski definition) is 1. The highest BCUT2D eigenvalue weighted by molar-refractivity contribution is 7.18. The second-order valence-corrected chi connectivity index (χ2v) is 8.25. The molecule has 2 N–H and O–H groups in total. The van der Waals surface area contributed by atoms with Crippen LogP contribution < -0.4 is 20.1 Å². The van der Waals surface area contributed by atoms with E-state index in [-0.39, 0.29) is 6.17 Å². The van der Waals surface area contributed by atoms with Crippen LogP contribution in [0.2, 0.25) is 0 Å². The third-order valence-electron chi connectivity index (χ3n) is 5.31. The topological polar surface area (TPSA) is 63.9 Å². The molecule has 0 saturated carbocycles. The number of para-hydroxylation sites is 2. The largest absolute Gasteiger partial charge is 0.495 e. The van der Waals surface area contributed by atoms with E-state index >= 15 is 0 Å². The number of piperazine rings is 1. The molecule has 6 nitrogen and oxygen atoms in total. The molecule has 0 bridgehead atoms. The summed E-state index contributed by atoms with van der Waals surface area (Å²) in [5.74, 6) is 1.82. The van der Waals surface area contributed by atoms with Gasteiger partial charge in [0.1, 0.15) is 11.5 Å². The van der Waals surface area contributed by atoms with E-state index < -0.39 is 0 Å². The number of methoxy groups -OCH3 is 1. The van der Waals surface area contributed by atoms with Crippen molar-refractivity contribution in [1.82, 2.24) is 9.88 Å². The van der Waals surface area contributed by atoms with Gasteiger partial charge in [0.05, 0.1) is 40.8 Å². The fourth-order valence-electron chi connectivity index (χ4n) is 3.79. The molecule has 29 heavy (non-hydrogen) atoms. The molecule has 0 radical (unpaired) electrons. The summed E-state index contributed by atoms with van der Waals surface area (Å²) in [4.78, 5) is 9.48. The molecule has 3 aromatic rings. The molecule has 0 spiro atoms. The third-order valence-corrected chi connectivity index (χ3v) is 6.35. The van der Waals surface area contributed by atoms with E-state index in [2.05, 4.69) is 28.0 Å². The Morgan fingerprint density at radius 2 is 1.93 bits per heavy atom. The van der Waals surface area contributed by atoms with E-state index in [4.69, 9.17) is 20.2 Å². The van der Waals surface area contributed by atoms with Crippen LogP contribution in [-0.2, 0) is 6.42 Å². The van der Waals surface area contributed by atoms with E-state index in [1.165, 1.54) is 0 Å². The van der Waals surface area contributed by atoms with Crippen LogP contribution in [0.1, 0.15) is 11.9 Å². The zero-order chi connectivity index (χ0) is 20.2. The number of thiazole rings is 1. The van der Waals surface area contributed by atoms with Gasteiger partial charge in [0.15, 0.2) is 0 Å². The molecule has 1 unspecified atom stereocenters. The van der Waals surface area contributed by atoms with Gasteiger partial charge in [0.25, 0.3) is 0 Å². The summed E-state index contributed by atoms with van der Waals surface area (Å²) in [6, 6.07) is 14.3. The first-order valence-corrected chi connectivity index (χ1v) is 10.9. The van der Waals surface area contributed by atoms with Crippen molar-refractivity contribution < 1.29 is 9.47 Å². The Hall–Kier alpha value is -2.35. The van der Waals surface area contributed by atoms with Crippen molar-refractivity contribution in [2.75, 3.05) is 44.8 Å². The highest BCUT2D eigenvalue weighted by Crippen LogP contribution is 2.29. The lowest BCUT2D eigenvalue weighted by molar-refractivity contribution is 0.187. The van der Waals surface area contributed by atoms with Gasteiger partial charge in [-0.25, -0.2) is 4.98 Å². The number of anilines is 1. The van der Waals surface area contributed by atoms with E-state index in [9.17, 15) is 0 Å². The average Bonchev–Trinajstić information content (AvgIpc) is 3.15. The maximum absolute atomic E-state index is 6.54. The van der Waals surface area contributed by atoms with Crippen molar-refractivity contribution in [2.45, 2.75) is 19.5 Å². The number of benzene rings is 2. The van der Waals surface area contributed by atoms with Crippen LogP contribution in [0.15, 0.2) is 42.5 Å². The van der Waals surface area contributed by atoms with Crippen molar-refractivity contribution in [2.24, 2.45) is 5.73 Å². The Morgan fingerprint density at radius 3 is 2.69 bits per heavy atom. The normalized spacial score (nSPS) is 16.2. The van der Waals surface area contributed by atoms with Gasteiger partial charge in [-0.05, 0) is 37.3 Å². The zero-order valence-electron chi connectivity index (χ0n) is 17.0. The molecule has 1 aliphatic heterocycles. The number of rotatable bonds is 7. The zero-order valence-corrected chi connectivity index (χ0v) is 17.8. The van der Waals surface area contributed by atoms with Crippen LogP contribution >= 0.6 is 11.3 Å². The lowest BCUT2D eigenvalue weighted by Crippen LogP contribution is -2.54. The number of hydrogen-bond acceptors (Lipinski definition) is 7. The smallest absolute Gasteiger partial charge is 0.142 e. The monoisotopic (exact) mass is 412 g/mol. The Bertz CT molecular complexity index is 953. The highest BCUT2D eigenvalue weighted by atomic mass is 32.1. The first kappa shape index (κ1) is 19.9. The van der Waals surface area contributed by atoms with Crippen molar-refractivity contribution in [3.8, 4) is 11.5 Å². The summed E-state index contributed by atoms with van der Waals surface area (Å²) in [6.07, 6.45) is 0.736. The lowest BCUT2D eigenvalue weighted by atomic mass is 10.2. The number of nitrogens with two attached hydrogens (primary N) is 1. The van der Waals surface area contributed by atoms with E-state index in [0.717, 1.165) is 65.0 Å². The van der Waals surface area contributed by atoms with E-state index in [0.29, 0.717) is 6.61 Å². The minimum absolute atomic E-state index is 0.0262. The van der Waals surface area contributed by atoms with Crippen molar-refractivity contribution in [3.63, 3.8) is 0 Å². The molecule has 2 aromatic carbocycles. The molecule has 1 saturated heterocycles. The Balaban J connectivity index is 1.37. The molecule has 7 heteroatoms. The van der Waals surface area contributed by atoms with Crippen LogP contribution in [0.5, 0.6) is 11.5 Å².